The van der Waals surface area contributed by atoms with Crippen LogP contribution in [0.5, 0.6) is 0 Å². The van der Waals surface area contributed by atoms with E-state index in [0.29, 0.717) is 28.3 Å². The van der Waals surface area contributed by atoms with Crippen LogP contribution in [0.3, 0.4) is 0 Å². The molecule has 0 unspecified atom stereocenters. The summed E-state index contributed by atoms with van der Waals surface area (Å²) < 4.78 is 5.36. The number of rotatable bonds is 2. The molecule has 23 heavy (non-hydrogen) atoms. The Morgan fingerprint density at radius 2 is 1.70 bits per heavy atom. The molecule has 0 atom stereocenters. The first-order chi connectivity index (χ1) is 11.2. The van der Waals surface area contributed by atoms with Gasteiger partial charge in [0.15, 0.2) is 0 Å². The molecular formula is C17H11N5O. The Hall–Kier alpha value is -3.77. The van der Waals surface area contributed by atoms with Crippen LogP contribution in [0.4, 0.5) is 11.5 Å². The van der Waals surface area contributed by atoms with Gasteiger partial charge in [0.1, 0.15) is 29.3 Å². The lowest BCUT2D eigenvalue weighted by atomic mass is 9.95. The number of anilines is 2. The Morgan fingerprint density at radius 1 is 0.957 bits per heavy atom. The maximum absolute atomic E-state index is 9.64. The summed E-state index contributed by atoms with van der Waals surface area (Å²) in [5.41, 5.74) is 13.9. The number of nitriles is 2. The predicted octanol–water partition coefficient (Wildman–Crippen LogP) is 2.92. The van der Waals surface area contributed by atoms with Crippen molar-refractivity contribution in [2.45, 2.75) is 0 Å². The summed E-state index contributed by atoms with van der Waals surface area (Å²) in [6.07, 6.45) is 1.46. The van der Waals surface area contributed by atoms with Gasteiger partial charge >= 0.3 is 0 Å². The molecule has 0 aliphatic heterocycles. The molecule has 4 N–H and O–H groups in total. The van der Waals surface area contributed by atoms with Crippen molar-refractivity contribution >= 4 is 11.5 Å². The summed E-state index contributed by atoms with van der Waals surface area (Å²) in [4.78, 5) is 4.23. The van der Waals surface area contributed by atoms with Crippen molar-refractivity contribution in [2.75, 3.05) is 11.5 Å². The lowest BCUT2D eigenvalue weighted by molar-refractivity contribution is 0.582. The summed E-state index contributed by atoms with van der Waals surface area (Å²) >= 11 is 0. The van der Waals surface area contributed by atoms with Gasteiger partial charge in [-0.05, 0) is 18.2 Å². The average Bonchev–Trinajstić information content (AvgIpc) is 3.08. The van der Waals surface area contributed by atoms with Crippen LogP contribution in [0.2, 0.25) is 0 Å². The molecule has 6 heteroatoms. The highest BCUT2D eigenvalue weighted by Gasteiger charge is 2.23. The summed E-state index contributed by atoms with van der Waals surface area (Å²) in [6, 6.07) is 14.4. The fraction of sp³-hybridized carbons (Fsp3) is 0. The smallest absolute Gasteiger partial charge is 0.142 e. The molecule has 0 bridgehead atoms. The molecule has 0 amide bonds. The normalized spacial score (nSPS) is 10.0. The molecule has 0 aliphatic rings. The van der Waals surface area contributed by atoms with Gasteiger partial charge in [-0.2, -0.15) is 10.5 Å². The van der Waals surface area contributed by atoms with Crippen LogP contribution in [0.25, 0.3) is 22.6 Å². The maximum atomic E-state index is 9.64. The second-order valence-corrected chi connectivity index (χ2v) is 4.76. The summed E-state index contributed by atoms with van der Waals surface area (Å²) in [6.45, 7) is 0. The molecular weight excluding hydrogens is 290 g/mol. The SMILES string of the molecule is N#Cc1c(N)nc(-c2ccccc2N)c(C#N)c1-c1ccco1. The van der Waals surface area contributed by atoms with Gasteiger partial charge in [0.25, 0.3) is 0 Å². The zero-order chi connectivity index (χ0) is 16.4. The first kappa shape index (κ1) is 14.2. The number of nitrogens with zero attached hydrogens (tertiary/aromatic N) is 3. The molecule has 0 aliphatic carbocycles. The van der Waals surface area contributed by atoms with E-state index in [-0.39, 0.29) is 16.9 Å². The number of hydrogen-bond donors (Lipinski definition) is 2. The number of aromatic nitrogens is 1. The molecule has 110 valence electrons. The molecule has 1 aromatic carbocycles. The third-order valence-electron chi connectivity index (χ3n) is 3.43. The van der Waals surface area contributed by atoms with Crippen LogP contribution >= 0.6 is 0 Å². The topological polar surface area (TPSA) is 126 Å². The standard InChI is InChI=1S/C17H11N5O/c18-8-11-15(14-6-3-7-23-14)12(9-19)17(21)22-16(11)10-4-1-2-5-13(10)20/h1-7H,20H2,(H2,21,22). The third-order valence-corrected chi connectivity index (χ3v) is 3.43. The highest BCUT2D eigenvalue weighted by Crippen LogP contribution is 2.37. The molecule has 0 saturated carbocycles. The van der Waals surface area contributed by atoms with Gasteiger partial charge in [-0.3, -0.25) is 0 Å². The molecule has 0 saturated heterocycles. The van der Waals surface area contributed by atoms with Crippen molar-refractivity contribution in [2.24, 2.45) is 0 Å². The van der Waals surface area contributed by atoms with Gasteiger partial charge in [-0.1, -0.05) is 18.2 Å². The largest absolute Gasteiger partial charge is 0.464 e. The minimum absolute atomic E-state index is 0.0242. The number of para-hydroxylation sites is 1. The number of benzene rings is 1. The predicted molar refractivity (Wildman–Crippen MR) is 85.6 cm³/mol. The van der Waals surface area contributed by atoms with Crippen LogP contribution in [0.15, 0.2) is 47.1 Å². The van der Waals surface area contributed by atoms with E-state index in [1.807, 2.05) is 6.07 Å². The Morgan fingerprint density at radius 3 is 2.30 bits per heavy atom. The van der Waals surface area contributed by atoms with Crippen LogP contribution in [0, 0.1) is 22.7 Å². The zero-order valence-electron chi connectivity index (χ0n) is 11.9. The van der Waals surface area contributed by atoms with Crippen LogP contribution < -0.4 is 11.5 Å². The van der Waals surface area contributed by atoms with Crippen molar-refractivity contribution in [3.05, 3.63) is 53.8 Å². The zero-order valence-corrected chi connectivity index (χ0v) is 11.9. The monoisotopic (exact) mass is 301 g/mol. The molecule has 0 spiro atoms. The number of nitrogens with two attached hydrogens (primary N) is 2. The van der Waals surface area contributed by atoms with Crippen molar-refractivity contribution in [1.29, 1.82) is 10.5 Å². The maximum Gasteiger partial charge on any atom is 0.142 e. The van der Waals surface area contributed by atoms with E-state index in [9.17, 15) is 10.5 Å². The van der Waals surface area contributed by atoms with E-state index >= 15 is 0 Å². The van der Waals surface area contributed by atoms with E-state index in [1.54, 1.807) is 36.4 Å². The quantitative estimate of drug-likeness (QED) is 0.701. The molecule has 6 nitrogen and oxygen atoms in total. The number of nitrogen functional groups attached to an aromatic ring is 2. The van der Waals surface area contributed by atoms with E-state index in [1.165, 1.54) is 6.26 Å². The minimum atomic E-state index is 0.0242. The summed E-state index contributed by atoms with van der Waals surface area (Å²) in [5.74, 6) is 0.402. The van der Waals surface area contributed by atoms with Gasteiger partial charge in [-0.25, -0.2) is 4.98 Å². The number of pyridine rings is 1. The van der Waals surface area contributed by atoms with Crippen molar-refractivity contribution in [3.8, 4) is 34.7 Å². The van der Waals surface area contributed by atoms with Gasteiger partial charge in [0, 0.05) is 11.3 Å². The van der Waals surface area contributed by atoms with Crippen molar-refractivity contribution in [3.63, 3.8) is 0 Å². The Bertz CT molecular complexity index is 962. The molecule has 2 heterocycles. The highest BCUT2D eigenvalue weighted by molar-refractivity contribution is 5.88. The molecule has 3 rings (SSSR count). The highest BCUT2D eigenvalue weighted by atomic mass is 16.3. The number of hydrogen-bond acceptors (Lipinski definition) is 6. The average molecular weight is 301 g/mol. The lowest BCUT2D eigenvalue weighted by Crippen LogP contribution is -2.04. The summed E-state index contributed by atoms with van der Waals surface area (Å²) in [5, 5.41) is 19.0. The first-order valence-electron chi connectivity index (χ1n) is 6.69. The number of furan rings is 1. The van der Waals surface area contributed by atoms with Crippen molar-refractivity contribution < 1.29 is 4.42 Å². The molecule has 0 radical (unpaired) electrons. The van der Waals surface area contributed by atoms with Gasteiger partial charge < -0.3 is 15.9 Å². The third kappa shape index (κ3) is 2.25. The van der Waals surface area contributed by atoms with Crippen LogP contribution in [-0.4, -0.2) is 4.98 Å². The lowest BCUT2D eigenvalue weighted by Gasteiger charge is -2.12. The van der Waals surface area contributed by atoms with E-state index < -0.39 is 0 Å². The van der Waals surface area contributed by atoms with Crippen LogP contribution in [-0.2, 0) is 0 Å². The minimum Gasteiger partial charge on any atom is -0.464 e. The van der Waals surface area contributed by atoms with E-state index in [0.717, 1.165) is 0 Å². The summed E-state index contributed by atoms with van der Waals surface area (Å²) in [7, 11) is 0. The van der Waals surface area contributed by atoms with Gasteiger partial charge in [-0.15, -0.1) is 0 Å². The Labute approximate surface area is 132 Å². The van der Waals surface area contributed by atoms with Gasteiger partial charge in [0.05, 0.1) is 23.1 Å². The Kier molecular flexibility index (Phi) is 3.42. The fourth-order valence-electron chi connectivity index (χ4n) is 2.40. The second kappa shape index (κ2) is 5.55. The van der Waals surface area contributed by atoms with Crippen LogP contribution in [0.1, 0.15) is 11.1 Å². The molecule has 0 fully saturated rings. The van der Waals surface area contributed by atoms with Crippen molar-refractivity contribution in [1.82, 2.24) is 4.98 Å². The first-order valence-corrected chi connectivity index (χ1v) is 6.69. The van der Waals surface area contributed by atoms with Gasteiger partial charge in [0.2, 0.25) is 0 Å². The second-order valence-electron chi connectivity index (χ2n) is 4.76. The van der Waals surface area contributed by atoms with E-state index in [4.69, 9.17) is 15.9 Å². The molecule has 2 aromatic heterocycles. The fourth-order valence-corrected chi connectivity index (χ4v) is 2.40. The Balaban J connectivity index is 2.43. The molecule has 3 aromatic rings. The van der Waals surface area contributed by atoms with E-state index in [2.05, 4.69) is 11.1 Å².